The van der Waals surface area contributed by atoms with Gasteiger partial charge in [-0.1, -0.05) is 48.5 Å². The predicted octanol–water partition coefficient (Wildman–Crippen LogP) is 2.22. The molecule has 21 heavy (non-hydrogen) atoms. The summed E-state index contributed by atoms with van der Waals surface area (Å²) < 4.78 is 1.60. The number of benzene rings is 1. The summed E-state index contributed by atoms with van der Waals surface area (Å²) in [6.07, 6.45) is 3.56. The molecule has 1 N–H and O–H groups in total. The van der Waals surface area contributed by atoms with Crippen LogP contribution in [0.4, 0.5) is 0 Å². The third kappa shape index (κ3) is 3.26. The number of hydrogen-bond acceptors (Lipinski definition) is 4. The van der Waals surface area contributed by atoms with Gasteiger partial charge in [0.2, 0.25) is 0 Å². The molecule has 0 amide bonds. The number of H-pyrrole nitrogens is 1. The summed E-state index contributed by atoms with van der Waals surface area (Å²) in [6.45, 7) is 0.472. The number of carbonyl (C=O) groups excluding carboxylic acids is 1. The number of ketones is 1. The van der Waals surface area contributed by atoms with Crippen molar-refractivity contribution in [2.45, 2.75) is 42.6 Å². The number of nitrogens with zero attached hydrogens (tertiary/aromatic N) is 2. The van der Waals surface area contributed by atoms with Crippen LogP contribution in [0.25, 0.3) is 0 Å². The molecule has 5 nitrogen and oxygen atoms in total. The van der Waals surface area contributed by atoms with Crippen molar-refractivity contribution in [1.82, 2.24) is 14.8 Å². The second kappa shape index (κ2) is 6.30. The van der Waals surface area contributed by atoms with Crippen LogP contribution >= 0.6 is 11.8 Å². The van der Waals surface area contributed by atoms with Crippen LogP contribution in [-0.4, -0.2) is 25.8 Å². The molecule has 2 aromatic rings. The number of carbonyl (C=O) groups is 1. The van der Waals surface area contributed by atoms with E-state index in [9.17, 15) is 9.59 Å². The topological polar surface area (TPSA) is 67.8 Å². The van der Waals surface area contributed by atoms with Gasteiger partial charge in [0.25, 0.3) is 0 Å². The van der Waals surface area contributed by atoms with Crippen molar-refractivity contribution in [2.75, 3.05) is 0 Å². The van der Waals surface area contributed by atoms with Crippen molar-refractivity contribution in [3.63, 3.8) is 0 Å². The van der Waals surface area contributed by atoms with Crippen molar-refractivity contribution >= 4 is 17.5 Å². The van der Waals surface area contributed by atoms with E-state index in [4.69, 9.17) is 0 Å². The monoisotopic (exact) mass is 303 g/mol. The first-order valence-electron chi connectivity index (χ1n) is 7.12. The van der Waals surface area contributed by atoms with Gasteiger partial charge in [0.05, 0.1) is 11.8 Å². The summed E-state index contributed by atoms with van der Waals surface area (Å²) in [7, 11) is 0. The third-order valence-corrected chi connectivity index (χ3v) is 4.96. The van der Waals surface area contributed by atoms with E-state index in [1.54, 1.807) is 4.57 Å². The fourth-order valence-electron chi connectivity index (χ4n) is 2.50. The van der Waals surface area contributed by atoms with Crippen LogP contribution in [0.15, 0.2) is 40.3 Å². The highest BCUT2D eigenvalue weighted by Crippen LogP contribution is 2.30. The van der Waals surface area contributed by atoms with Gasteiger partial charge in [0.15, 0.2) is 5.16 Å². The Morgan fingerprint density at radius 3 is 2.81 bits per heavy atom. The highest BCUT2D eigenvalue weighted by Gasteiger charge is 2.25. The summed E-state index contributed by atoms with van der Waals surface area (Å²) in [6, 6.07) is 9.77. The molecule has 0 spiro atoms. The molecule has 0 saturated heterocycles. The first kappa shape index (κ1) is 14.1. The van der Waals surface area contributed by atoms with Gasteiger partial charge in [-0.25, -0.2) is 9.89 Å². The lowest BCUT2D eigenvalue weighted by molar-refractivity contribution is -0.119. The number of Topliss-reactive ketones (excluding diaryl/α,β-unsaturated/α-hetero) is 1. The minimum absolute atomic E-state index is 0.0662. The van der Waals surface area contributed by atoms with Crippen molar-refractivity contribution in [2.24, 2.45) is 0 Å². The molecule has 1 heterocycles. The molecule has 1 saturated carbocycles. The molecular weight excluding hydrogens is 286 g/mol. The van der Waals surface area contributed by atoms with Gasteiger partial charge >= 0.3 is 5.69 Å². The molecule has 3 rings (SSSR count). The molecule has 110 valence electrons. The zero-order chi connectivity index (χ0) is 14.7. The second-order valence-corrected chi connectivity index (χ2v) is 6.37. The number of thioether (sulfide) groups is 1. The van der Waals surface area contributed by atoms with Crippen LogP contribution in [0.2, 0.25) is 0 Å². The molecular formula is C15H17N3O2S. The maximum absolute atomic E-state index is 11.9. The Hall–Kier alpha value is -1.82. The lowest BCUT2D eigenvalue weighted by atomic mass is 9.99. The Kier molecular flexibility index (Phi) is 4.24. The van der Waals surface area contributed by atoms with Crippen molar-refractivity contribution < 1.29 is 4.79 Å². The average Bonchev–Trinajstić information content (AvgIpc) is 2.84. The van der Waals surface area contributed by atoms with Crippen LogP contribution in [0.3, 0.4) is 0 Å². The average molecular weight is 303 g/mol. The standard InChI is InChI=1S/C15H17N3O2S/c19-12-8-4-5-9-13(12)21-15-17-16-14(20)18(15)10-11-6-2-1-3-7-11/h1-3,6-7,13H,4-5,8-10H2,(H,16,20)/t13-/m0/s1. The van der Waals surface area contributed by atoms with E-state index in [1.807, 2.05) is 30.3 Å². The van der Waals surface area contributed by atoms with Crippen molar-refractivity contribution in [3.05, 3.63) is 46.4 Å². The maximum atomic E-state index is 11.9. The Balaban J connectivity index is 1.80. The molecule has 1 aliphatic rings. The molecule has 6 heteroatoms. The highest BCUT2D eigenvalue weighted by atomic mass is 32.2. The smallest absolute Gasteiger partial charge is 0.298 e. The van der Waals surface area contributed by atoms with Gasteiger partial charge in [-0.3, -0.25) is 9.36 Å². The van der Waals surface area contributed by atoms with E-state index < -0.39 is 0 Å². The normalized spacial score (nSPS) is 18.9. The largest absolute Gasteiger partial charge is 0.344 e. The fraction of sp³-hybridized carbons (Fsp3) is 0.400. The molecule has 1 atom stereocenters. The highest BCUT2D eigenvalue weighted by molar-refractivity contribution is 8.00. The Labute approximate surface area is 126 Å². The number of aromatic amines is 1. The van der Waals surface area contributed by atoms with E-state index in [-0.39, 0.29) is 16.7 Å². The van der Waals surface area contributed by atoms with E-state index in [0.717, 1.165) is 24.8 Å². The van der Waals surface area contributed by atoms with E-state index in [2.05, 4.69) is 10.2 Å². The minimum atomic E-state index is -0.232. The minimum Gasteiger partial charge on any atom is -0.298 e. The first-order valence-corrected chi connectivity index (χ1v) is 8.00. The molecule has 0 unspecified atom stereocenters. The number of nitrogens with one attached hydrogen (secondary N) is 1. The van der Waals surface area contributed by atoms with Crippen LogP contribution in [0, 0.1) is 0 Å². The fourth-order valence-corrected chi connectivity index (χ4v) is 3.66. The summed E-state index contributed by atoms with van der Waals surface area (Å²) in [5, 5.41) is 7.10. The zero-order valence-corrected chi connectivity index (χ0v) is 12.4. The van der Waals surface area contributed by atoms with Gasteiger partial charge in [-0.15, -0.1) is 5.10 Å². The van der Waals surface area contributed by atoms with E-state index >= 15 is 0 Å². The summed E-state index contributed by atoms with van der Waals surface area (Å²) in [4.78, 5) is 23.8. The Morgan fingerprint density at radius 1 is 1.24 bits per heavy atom. The predicted molar refractivity (Wildman–Crippen MR) is 81.5 cm³/mol. The Morgan fingerprint density at radius 2 is 2.05 bits per heavy atom. The van der Waals surface area contributed by atoms with Gasteiger partial charge in [0.1, 0.15) is 5.78 Å². The molecule has 1 fully saturated rings. The second-order valence-electron chi connectivity index (χ2n) is 5.20. The SMILES string of the molecule is O=C1CCCC[C@@H]1Sc1n[nH]c(=O)n1Cc1ccccc1. The number of aromatic nitrogens is 3. The molecule has 1 aromatic carbocycles. The van der Waals surface area contributed by atoms with Gasteiger partial charge in [-0.05, 0) is 18.4 Å². The van der Waals surface area contributed by atoms with Gasteiger partial charge in [-0.2, -0.15) is 0 Å². The molecule has 1 aliphatic carbocycles. The number of hydrogen-bond donors (Lipinski definition) is 1. The molecule has 0 bridgehead atoms. The van der Waals surface area contributed by atoms with Crippen LogP contribution in [0.1, 0.15) is 31.2 Å². The van der Waals surface area contributed by atoms with E-state index in [1.165, 1.54) is 11.8 Å². The lowest BCUT2D eigenvalue weighted by Gasteiger charge is -2.19. The van der Waals surface area contributed by atoms with Crippen molar-refractivity contribution in [1.29, 1.82) is 0 Å². The zero-order valence-electron chi connectivity index (χ0n) is 11.6. The van der Waals surface area contributed by atoms with Crippen LogP contribution in [-0.2, 0) is 11.3 Å². The summed E-state index contributed by atoms with van der Waals surface area (Å²) >= 11 is 1.41. The third-order valence-electron chi connectivity index (χ3n) is 3.65. The molecule has 0 aliphatic heterocycles. The van der Waals surface area contributed by atoms with Gasteiger partial charge in [0, 0.05) is 6.42 Å². The molecule has 0 radical (unpaired) electrons. The van der Waals surface area contributed by atoms with Gasteiger partial charge < -0.3 is 0 Å². The summed E-state index contributed by atoms with van der Waals surface area (Å²) in [5.41, 5.74) is 0.808. The van der Waals surface area contributed by atoms with Crippen LogP contribution < -0.4 is 5.69 Å². The van der Waals surface area contributed by atoms with Crippen LogP contribution in [0.5, 0.6) is 0 Å². The number of rotatable bonds is 4. The molecule has 1 aromatic heterocycles. The van der Waals surface area contributed by atoms with Crippen molar-refractivity contribution in [3.8, 4) is 0 Å². The summed E-state index contributed by atoms with van der Waals surface area (Å²) in [5.74, 6) is 0.271. The lowest BCUT2D eigenvalue weighted by Crippen LogP contribution is -2.23. The quantitative estimate of drug-likeness (QED) is 0.940. The van der Waals surface area contributed by atoms with E-state index in [0.29, 0.717) is 18.1 Å². The first-order chi connectivity index (χ1) is 10.2. The Bertz CT molecular complexity index is 678. The maximum Gasteiger partial charge on any atom is 0.344 e.